The number of pyridine rings is 1. The van der Waals surface area contributed by atoms with Crippen molar-refractivity contribution in [1.82, 2.24) is 9.97 Å². The van der Waals surface area contributed by atoms with Gasteiger partial charge in [-0.25, -0.2) is 4.98 Å². The lowest BCUT2D eigenvalue weighted by atomic mass is 10.0. The van der Waals surface area contributed by atoms with E-state index in [1.807, 2.05) is 78.9 Å². The minimum Gasteiger partial charge on any atom is -0.457 e. The number of para-hydroxylation sites is 3. The van der Waals surface area contributed by atoms with Crippen LogP contribution in [0.2, 0.25) is 0 Å². The van der Waals surface area contributed by atoms with Crippen molar-refractivity contribution in [3.63, 3.8) is 0 Å². The number of fused-ring (bicyclic) bond motifs is 2. The van der Waals surface area contributed by atoms with Crippen molar-refractivity contribution < 1.29 is 9.53 Å². The number of aromatic amines is 1. The smallest absolute Gasteiger partial charge is 0.224 e. The molecule has 0 radical (unpaired) electrons. The summed E-state index contributed by atoms with van der Waals surface area (Å²) in [6, 6.07) is 37.7. The third-order valence-electron chi connectivity index (χ3n) is 6.62. The molecule has 5 heteroatoms. The summed E-state index contributed by atoms with van der Waals surface area (Å²) in [5, 5.41) is 5.29. The predicted octanol–water partition coefficient (Wildman–Crippen LogP) is 8.14. The molecule has 0 aliphatic heterocycles. The molecule has 0 atom stereocenters. The number of benzene rings is 4. The first-order chi connectivity index (χ1) is 18.7. The van der Waals surface area contributed by atoms with Gasteiger partial charge in [0.15, 0.2) is 0 Å². The molecule has 0 fully saturated rings. The molecule has 6 rings (SSSR count). The number of amides is 1. The molecule has 0 aliphatic carbocycles. The first-order valence-corrected chi connectivity index (χ1v) is 12.8. The second-order valence-electron chi connectivity index (χ2n) is 9.25. The molecule has 0 saturated heterocycles. The van der Waals surface area contributed by atoms with Gasteiger partial charge < -0.3 is 15.0 Å². The third kappa shape index (κ3) is 5.13. The maximum absolute atomic E-state index is 12.7. The monoisotopic (exact) mass is 497 g/mol. The minimum absolute atomic E-state index is 0.00745. The summed E-state index contributed by atoms with van der Waals surface area (Å²) >= 11 is 0. The SMILES string of the molecule is O=C(CCCc1c(-c2ccc3ccccc3n2)[nH]c2ccccc12)Nc1ccc(Oc2ccccc2)cc1. The van der Waals surface area contributed by atoms with E-state index in [-0.39, 0.29) is 5.91 Å². The molecule has 2 heterocycles. The number of carbonyl (C=O) groups is 1. The quantitative estimate of drug-likeness (QED) is 0.223. The van der Waals surface area contributed by atoms with Crippen LogP contribution < -0.4 is 10.1 Å². The Hall–Kier alpha value is -4.90. The van der Waals surface area contributed by atoms with E-state index >= 15 is 0 Å². The highest BCUT2D eigenvalue weighted by molar-refractivity contribution is 5.92. The first-order valence-electron chi connectivity index (χ1n) is 12.8. The van der Waals surface area contributed by atoms with Crippen molar-refractivity contribution in [1.29, 1.82) is 0 Å². The van der Waals surface area contributed by atoms with Crippen molar-refractivity contribution in [2.45, 2.75) is 19.3 Å². The van der Waals surface area contributed by atoms with E-state index in [0.29, 0.717) is 6.42 Å². The second-order valence-corrected chi connectivity index (χ2v) is 9.25. The van der Waals surface area contributed by atoms with Gasteiger partial charge in [-0.1, -0.05) is 60.7 Å². The maximum Gasteiger partial charge on any atom is 0.224 e. The van der Waals surface area contributed by atoms with E-state index in [2.05, 4.69) is 46.7 Å². The van der Waals surface area contributed by atoms with Crippen LogP contribution in [-0.4, -0.2) is 15.9 Å². The van der Waals surface area contributed by atoms with Gasteiger partial charge in [-0.2, -0.15) is 0 Å². The molecule has 0 saturated carbocycles. The van der Waals surface area contributed by atoms with Crippen molar-refractivity contribution in [3.8, 4) is 22.9 Å². The van der Waals surface area contributed by atoms with Crippen LogP contribution in [-0.2, 0) is 11.2 Å². The fourth-order valence-electron chi connectivity index (χ4n) is 4.76. The van der Waals surface area contributed by atoms with E-state index in [0.717, 1.165) is 57.8 Å². The number of carbonyl (C=O) groups excluding carboxylic acids is 1. The fraction of sp³-hybridized carbons (Fsp3) is 0.0909. The topological polar surface area (TPSA) is 67.0 Å². The van der Waals surface area contributed by atoms with E-state index in [1.54, 1.807) is 0 Å². The van der Waals surface area contributed by atoms with Gasteiger partial charge in [0.1, 0.15) is 11.5 Å². The lowest BCUT2D eigenvalue weighted by Crippen LogP contribution is -2.11. The lowest BCUT2D eigenvalue weighted by Gasteiger charge is -2.09. The number of aryl methyl sites for hydroxylation is 1. The Morgan fingerprint density at radius 3 is 2.37 bits per heavy atom. The standard InChI is InChI=1S/C33H27N3O2/c37-32(34-24-18-20-26(21-19-24)38-25-10-2-1-3-11-25)16-8-13-28-27-12-5-7-15-30(27)36-33(28)31-22-17-23-9-4-6-14-29(23)35-31/h1-7,9-12,14-15,17-22,36H,8,13,16H2,(H,34,37). The summed E-state index contributed by atoms with van der Waals surface area (Å²) in [4.78, 5) is 21.2. The van der Waals surface area contributed by atoms with E-state index in [9.17, 15) is 4.79 Å². The summed E-state index contributed by atoms with van der Waals surface area (Å²) in [5.74, 6) is 1.50. The Morgan fingerprint density at radius 2 is 1.50 bits per heavy atom. The molecule has 2 aromatic heterocycles. The van der Waals surface area contributed by atoms with Crippen LogP contribution >= 0.6 is 0 Å². The highest BCUT2D eigenvalue weighted by Crippen LogP contribution is 2.32. The molecule has 0 unspecified atom stereocenters. The molecular formula is C33H27N3O2. The molecule has 0 spiro atoms. The number of rotatable bonds is 8. The van der Waals surface area contributed by atoms with Crippen molar-refractivity contribution in [2.75, 3.05) is 5.32 Å². The molecule has 0 bridgehead atoms. The van der Waals surface area contributed by atoms with E-state index < -0.39 is 0 Å². The zero-order chi connectivity index (χ0) is 25.7. The Labute approximate surface area is 221 Å². The van der Waals surface area contributed by atoms with E-state index in [4.69, 9.17) is 9.72 Å². The number of H-pyrrole nitrogens is 1. The largest absolute Gasteiger partial charge is 0.457 e. The van der Waals surface area contributed by atoms with Gasteiger partial charge in [0.25, 0.3) is 0 Å². The lowest BCUT2D eigenvalue weighted by molar-refractivity contribution is -0.116. The molecule has 0 aliphatic rings. The zero-order valence-corrected chi connectivity index (χ0v) is 20.9. The molecule has 4 aromatic carbocycles. The number of hydrogen-bond donors (Lipinski definition) is 2. The van der Waals surface area contributed by atoms with Crippen LogP contribution in [0.3, 0.4) is 0 Å². The van der Waals surface area contributed by atoms with Crippen molar-refractivity contribution >= 4 is 33.4 Å². The number of hydrogen-bond acceptors (Lipinski definition) is 3. The Kier molecular flexibility index (Phi) is 6.56. The maximum atomic E-state index is 12.7. The summed E-state index contributed by atoms with van der Waals surface area (Å²) in [7, 11) is 0. The molecular weight excluding hydrogens is 470 g/mol. The van der Waals surface area contributed by atoms with Crippen LogP contribution in [0.1, 0.15) is 18.4 Å². The normalized spacial score (nSPS) is 11.1. The minimum atomic E-state index is -0.00745. The van der Waals surface area contributed by atoms with E-state index in [1.165, 1.54) is 10.9 Å². The predicted molar refractivity (Wildman–Crippen MR) is 154 cm³/mol. The average Bonchev–Trinajstić information content (AvgIpc) is 3.33. The van der Waals surface area contributed by atoms with Crippen LogP contribution in [0.4, 0.5) is 5.69 Å². The molecule has 6 aromatic rings. The van der Waals surface area contributed by atoms with Gasteiger partial charge >= 0.3 is 0 Å². The fourth-order valence-corrected chi connectivity index (χ4v) is 4.76. The van der Waals surface area contributed by atoms with Crippen LogP contribution in [0.5, 0.6) is 11.5 Å². The number of ether oxygens (including phenoxy) is 1. The van der Waals surface area contributed by atoms with Gasteiger partial charge in [-0.15, -0.1) is 0 Å². The second kappa shape index (κ2) is 10.6. The van der Waals surface area contributed by atoms with Gasteiger partial charge in [0, 0.05) is 28.4 Å². The molecule has 2 N–H and O–H groups in total. The highest BCUT2D eigenvalue weighted by atomic mass is 16.5. The van der Waals surface area contributed by atoms with Gasteiger partial charge in [0.05, 0.1) is 16.9 Å². The average molecular weight is 498 g/mol. The summed E-state index contributed by atoms with van der Waals surface area (Å²) in [5.41, 5.74) is 5.93. The van der Waals surface area contributed by atoms with Gasteiger partial charge in [0.2, 0.25) is 5.91 Å². The van der Waals surface area contributed by atoms with Crippen LogP contribution in [0.25, 0.3) is 33.2 Å². The summed E-state index contributed by atoms with van der Waals surface area (Å²) in [6.45, 7) is 0. The Balaban J connectivity index is 1.13. The van der Waals surface area contributed by atoms with Crippen LogP contribution in [0.15, 0.2) is 115 Å². The summed E-state index contributed by atoms with van der Waals surface area (Å²) in [6.07, 6.45) is 1.92. The number of nitrogens with zero attached hydrogens (tertiary/aromatic N) is 1. The molecule has 1 amide bonds. The first kappa shape index (κ1) is 23.5. The van der Waals surface area contributed by atoms with Crippen LogP contribution in [0, 0.1) is 0 Å². The van der Waals surface area contributed by atoms with Crippen molar-refractivity contribution in [2.24, 2.45) is 0 Å². The zero-order valence-electron chi connectivity index (χ0n) is 20.9. The third-order valence-corrected chi connectivity index (χ3v) is 6.62. The number of anilines is 1. The number of aromatic nitrogens is 2. The number of nitrogens with one attached hydrogen (secondary N) is 2. The van der Waals surface area contributed by atoms with Gasteiger partial charge in [-0.3, -0.25) is 4.79 Å². The van der Waals surface area contributed by atoms with Gasteiger partial charge in [-0.05, 0) is 73.0 Å². The Bertz CT molecular complexity index is 1710. The highest BCUT2D eigenvalue weighted by Gasteiger charge is 2.15. The summed E-state index contributed by atoms with van der Waals surface area (Å²) < 4.78 is 5.83. The molecule has 186 valence electrons. The Morgan fingerprint density at radius 1 is 0.763 bits per heavy atom. The molecule has 38 heavy (non-hydrogen) atoms. The molecule has 5 nitrogen and oxygen atoms in total. The van der Waals surface area contributed by atoms with Crippen molar-refractivity contribution in [3.05, 3.63) is 121 Å².